The molecular weight excluding hydrogens is 410 g/mol. The number of aliphatic hydroxyl groups is 1. The van der Waals surface area contributed by atoms with Crippen LogP contribution in [-0.2, 0) is 0 Å². The van der Waals surface area contributed by atoms with E-state index in [9.17, 15) is 5.11 Å². The summed E-state index contributed by atoms with van der Waals surface area (Å²) in [4.78, 5) is 14.2. The number of hydrogen-bond acceptors (Lipinski definition) is 6. The number of aromatic nitrogens is 2. The Kier molecular flexibility index (Phi) is 6.99. The van der Waals surface area contributed by atoms with Gasteiger partial charge in [0.15, 0.2) is 0 Å². The molecule has 168 valence electrons. The molecule has 0 bridgehead atoms. The minimum absolute atomic E-state index is 0.0419. The molecule has 2 N–H and O–H groups in total. The molecule has 31 heavy (non-hydrogen) atoms. The highest BCUT2D eigenvalue weighted by atomic mass is 35.5. The van der Waals surface area contributed by atoms with Crippen molar-refractivity contribution in [3.63, 3.8) is 0 Å². The van der Waals surface area contributed by atoms with Crippen molar-refractivity contribution in [1.29, 1.82) is 0 Å². The smallest absolute Gasteiger partial charge is 0.150 e. The van der Waals surface area contributed by atoms with Gasteiger partial charge in [0.2, 0.25) is 0 Å². The van der Waals surface area contributed by atoms with E-state index in [4.69, 9.17) is 16.6 Å². The van der Waals surface area contributed by atoms with Gasteiger partial charge in [0.05, 0.1) is 24.5 Å². The summed E-state index contributed by atoms with van der Waals surface area (Å²) < 4.78 is 0. The maximum Gasteiger partial charge on any atom is 0.150 e. The Balaban J connectivity index is 1.38. The van der Waals surface area contributed by atoms with Crippen LogP contribution in [0, 0.1) is 25.7 Å². The summed E-state index contributed by atoms with van der Waals surface area (Å²) >= 11 is 6.46. The number of hydrogen-bond donors (Lipinski definition) is 2. The van der Waals surface area contributed by atoms with Crippen LogP contribution in [0.3, 0.4) is 0 Å². The van der Waals surface area contributed by atoms with E-state index in [0.29, 0.717) is 5.92 Å². The number of anilines is 2. The number of piperidine rings is 1. The molecule has 0 saturated carbocycles. The Labute approximate surface area is 190 Å². The molecule has 3 heterocycles. The lowest BCUT2D eigenvalue weighted by Gasteiger charge is -2.47. The third kappa shape index (κ3) is 5.13. The van der Waals surface area contributed by atoms with E-state index in [0.717, 1.165) is 72.1 Å². The number of nitrogens with zero attached hydrogens (tertiary/aromatic N) is 4. The first kappa shape index (κ1) is 22.3. The predicted octanol–water partition coefficient (Wildman–Crippen LogP) is 4.06. The molecule has 7 heteroatoms. The van der Waals surface area contributed by atoms with Crippen molar-refractivity contribution < 1.29 is 5.11 Å². The highest BCUT2D eigenvalue weighted by Crippen LogP contribution is 2.34. The Bertz CT molecular complexity index is 900. The van der Waals surface area contributed by atoms with Crippen molar-refractivity contribution in [3.05, 3.63) is 46.2 Å². The summed E-state index contributed by atoms with van der Waals surface area (Å²) in [5.41, 5.74) is 3.11. The standard InChI is InChI=1S/C24H34ClN5O/c1-16-6-7-21(22(25)11-16)17(2)27-24-18(3)26-12-23(28-24)30-14-20(15-30)19-5-4-8-29(13-19)9-10-31/h6-7,11-12,17,19-20,31H,4-5,8-10,13-15H2,1-3H3,(H,27,28)/t17-,19+/m1/s1. The van der Waals surface area contributed by atoms with Crippen molar-refractivity contribution in [3.8, 4) is 0 Å². The molecule has 2 fully saturated rings. The van der Waals surface area contributed by atoms with Crippen LogP contribution in [0.4, 0.5) is 11.6 Å². The molecule has 2 saturated heterocycles. The second kappa shape index (κ2) is 9.72. The average Bonchev–Trinajstić information content (AvgIpc) is 2.70. The lowest BCUT2D eigenvalue weighted by molar-refractivity contribution is 0.101. The van der Waals surface area contributed by atoms with Crippen molar-refractivity contribution in [1.82, 2.24) is 14.9 Å². The van der Waals surface area contributed by atoms with E-state index in [2.05, 4.69) is 39.2 Å². The summed E-state index contributed by atoms with van der Waals surface area (Å²) in [6.07, 6.45) is 4.42. The lowest BCUT2D eigenvalue weighted by atomic mass is 9.80. The van der Waals surface area contributed by atoms with Gasteiger partial charge >= 0.3 is 0 Å². The maximum atomic E-state index is 9.24. The number of aryl methyl sites for hydroxylation is 2. The third-order valence-electron chi connectivity index (χ3n) is 6.78. The number of likely N-dealkylation sites (tertiary alicyclic amines) is 1. The summed E-state index contributed by atoms with van der Waals surface area (Å²) in [5.74, 6) is 3.18. The van der Waals surface area contributed by atoms with Crippen LogP contribution >= 0.6 is 11.6 Å². The van der Waals surface area contributed by atoms with Crippen LogP contribution in [0.15, 0.2) is 24.4 Å². The van der Waals surface area contributed by atoms with Crippen LogP contribution in [0.1, 0.15) is 42.6 Å². The quantitative estimate of drug-likeness (QED) is 0.672. The minimum atomic E-state index is 0.0419. The fraction of sp³-hybridized carbons (Fsp3) is 0.583. The first-order chi connectivity index (χ1) is 14.9. The molecule has 6 nitrogen and oxygen atoms in total. The maximum absolute atomic E-state index is 9.24. The van der Waals surface area contributed by atoms with E-state index >= 15 is 0 Å². The molecule has 0 radical (unpaired) electrons. The van der Waals surface area contributed by atoms with Crippen LogP contribution in [0.2, 0.25) is 5.02 Å². The van der Waals surface area contributed by atoms with Gasteiger partial charge in [-0.3, -0.25) is 4.98 Å². The summed E-state index contributed by atoms with van der Waals surface area (Å²) in [6, 6.07) is 6.20. The molecule has 1 aromatic carbocycles. The molecule has 2 aliphatic heterocycles. The minimum Gasteiger partial charge on any atom is -0.395 e. The highest BCUT2D eigenvalue weighted by molar-refractivity contribution is 6.31. The van der Waals surface area contributed by atoms with Crippen LogP contribution < -0.4 is 10.2 Å². The molecule has 0 amide bonds. The van der Waals surface area contributed by atoms with E-state index in [-0.39, 0.29) is 12.6 Å². The number of nitrogens with one attached hydrogen (secondary N) is 1. The molecule has 4 rings (SSSR count). The molecule has 2 atom stereocenters. The van der Waals surface area contributed by atoms with E-state index in [1.54, 1.807) is 0 Å². The number of benzene rings is 1. The fourth-order valence-electron chi connectivity index (χ4n) is 4.81. The summed E-state index contributed by atoms with van der Waals surface area (Å²) in [5, 5.41) is 13.5. The van der Waals surface area contributed by atoms with Gasteiger partial charge < -0.3 is 20.2 Å². The Morgan fingerprint density at radius 2 is 2.03 bits per heavy atom. The first-order valence-corrected chi connectivity index (χ1v) is 11.8. The van der Waals surface area contributed by atoms with Gasteiger partial charge in [0.1, 0.15) is 11.6 Å². The largest absolute Gasteiger partial charge is 0.395 e. The van der Waals surface area contributed by atoms with Crippen LogP contribution in [-0.4, -0.2) is 59.3 Å². The first-order valence-electron chi connectivity index (χ1n) is 11.4. The number of aliphatic hydroxyl groups excluding tert-OH is 1. The van der Waals surface area contributed by atoms with Gasteiger partial charge in [-0.05, 0) is 69.2 Å². The number of rotatable bonds is 7. The predicted molar refractivity (Wildman–Crippen MR) is 127 cm³/mol. The van der Waals surface area contributed by atoms with Gasteiger partial charge in [0.25, 0.3) is 0 Å². The van der Waals surface area contributed by atoms with Crippen molar-refractivity contribution in [2.75, 3.05) is 49.5 Å². The van der Waals surface area contributed by atoms with Crippen LogP contribution in [0.25, 0.3) is 0 Å². The second-order valence-corrected chi connectivity index (χ2v) is 9.55. The molecule has 0 aliphatic carbocycles. The van der Waals surface area contributed by atoms with E-state index in [1.807, 2.05) is 26.1 Å². The molecule has 0 unspecified atom stereocenters. The SMILES string of the molecule is Cc1ccc([C@@H](C)Nc2nc(N3CC([C@H]4CCCN(CCO)C4)C3)cnc2C)c(Cl)c1. The van der Waals surface area contributed by atoms with Crippen molar-refractivity contribution in [2.45, 2.75) is 39.7 Å². The van der Waals surface area contributed by atoms with Gasteiger partial charge in [-0.2, -0.15) is 0 Å². The van der Waals surface area contributed by atoms with Crippen molar-refractivity contribution in [2.24, 2.45) is 11.8 Å². The molecular formula is C24H34ClN5O. The summed E-state index contributed by atoms with van der Waals surface area (Å²) in [7, 11) is 0. The third-order valence-corrected chi connectivity index (χ3v) is 7.10. The number of halogens is 1. The highest BCUT2D eigenvalue weighted by Gasteiger charge is 2.36. The second-order valence-electron chi connectivity index (χ2n) is 9.14. The van der Waals surface area contributed by atoms with Crippen LogP contribution in [0.5, 0.6) is 0 Å². The number of β-amino-alcohol motifs (C(OH)–C–C–N with tert-alkyl or cyclic N) is 1. The molecule has 2 aromatic rings. The Morgan fingerprint density at radius 3 is 2.77 bits per heavy atom. The van der Waals surface area contributed by atoms with Gasteiger partial charge in [-0.15, -0.1) is 0 Å². The van der Waals surface area contributed by atoms with E-state index in [1.165, 1.54) is 12.8 Å². The van der Waals surface area contributed by atoms with Crippen molar-refractivity contribution >= 4 is 23.2 Å². The lowest BCUT2D eigenvalue weighted by Crippen LogP contribution is -2.54. The van der Waals surface area contributed by atoms with E-state index < -0.39 is 0 Å². The Hall–Kier alpha value is -1.89. The molecule has 1 aromatic heterocycles. The van der Waals surface area contributed by atoms with Gasteiger partial charge in [0, 0.05) is 31.2 Å². The fourth-order valence-corrected chi connectivity index (χ4v) is 5.21. The zero-order valence-corrected chi connectivity index (χ0v) is 19.6. The zero-order chi connectivity index (χ0) is 22.0. The normalized spacial score (nSPS) is 21.1. The monoisotopic (exact) mass is 443 g/mol. The molecule has 0 spiro atoms. The topological polar surface area (TPSA) is 64.5 Å². The Morgan fingerprint density at radius 1 is 1.23 bits per heavy atom. The zero-order valence-electron chi connectivity index (χ0n) is 18.8. The summed E-state index contributed by atoms with van der Waals surface area (Å²) in [6.45, 7) is 11.5. The average molecular weight is 444 g/mol. The van der Waals surface area contributed by atoms with Gasteiger partial charge in [-0.25, -0.2) is 4.98 Å². The molecule has 2 aliphatic rings. The van der Waals surface area contributed by atoms with Gasteiger partial charge in [-0.1, -0.05) is 23.7 Å².